The average Bonchev–Trinajstić information content (AvgIpc) is 2.03. The van der Waals surface area contributed by atoms with Crippen molar-refractivity contribution in [2.45, 2.75) is 4.90 Å². The molecule has 0 aliphatic carbocycles. The van der Waals surface area contributed by atoms with Crippen LogP contribution in [0.25, 0.3) is 0 Å². The van der Waals surface area contributed by atoms with Crippen molar-refractivity contribution in [3.8, 4) is 0 Å². The summed E-state index contributed by atoms with van der Waals surface area (Å²) < 4.78 is 29.2. The third-order valence-electron chi connectivity index (χ3n) is 0.986. The fraction of sp³-hybridized carbons (Fsp3) is 0. The van der Waals surface area contributed by atoms with Crippen molar-refractivity contribution < 1.29 is 57.5 Å². The van der Waals surface area contributed by atoms with Gasteiger partial charge in [-0.15, -0.1) is 12.1 Å². The molecule has 0 fully saturated rings. The van der Waals surface area contributed by atoms with Crippen molar-refractivity contribution >= 4 is 16.3 Å². The normalized spacial score (nSPS) is 9.13. The second-order valence-corrected chi connectivity index (χ2v) is 3.41. The predicted octanol–water partition coefficient (Wildman–Crippen LogP) is -2.04. The summed E-state index contributed by atoms with van der Waals surface area (Å²) in [6, 6.07) is 8.02. The van der Waals surface area contributed by atoms with E-state index in [1.54, 1.807) is 0 Å². The Bertz CT molecular complexity index is 383. The molecule has 0 aliphatic rings. The van der Waals surface area contributed by atoms with Crippen LogP contribution in [0.1, 0.15) is 0 Å². The molecule has 1 aromatic rings. The van der Waals surface area contributed by atoms with Gasteiger partial charge in [0.25, 0.3) is 10.1 Å². The van der Waals surface area contributed by atoms with Crippen LogP contribution in [0.2, 0.25) is 0 Å². The minimum absolute atomic E-state index is 0. The van der Waals surface area contributed by atoms with Gasteiger partial charge in [-0.3, -0.25) is 4.55 Å². The SMILES string of the molecule is O=C(O)O.O=S(=O)(O)c1cc[c-]cc1.[Na+]. The van der Waals surface area contributed by atoms with Gasteiger partial charge >= 0.3 is 35.7 Å². The maximum absolute atomic E-state index is 10.4. The molecule has 6 nitrogen and oxygen atoms in total. The Kier molecular flexibility index (Phi) is 8.59. The van der Waals surface area contributed by atoms with Gasteiger partial charge in [-0.1, -0.05) is 0 Å². The predicted molar refractivity (Wildman–Crippen MR) is 45.7 cm³/mol. The van der Waals surface area contributed by atoms with E-state index < -0.39 is 16.3 Å². The first-order valence-electron chi connectivity index (χ1n) is 3.19. The van der Waals surface area contributed by atoms with E-state index in [0.29, 0.717) is 0 Å². The van der Waals surface area contributed by atoms with E-state index in [0.717, 1.165) is 0 Å². The molecule has 0 unspecified atom stereocenters. The van der Waals surface area contributed by atoms with E-state index >= 15 is 0 Å². The van der Waals surface area contributed by atoms with E-state index in [4.69, 9.17) is 19.6 Å². The zero-order valence-corrected chi connectivity index (χ0v) is 10.6. The van der Waals surface area contributed by atoms with E-state index in [2.05, 4.69) is 6.07 Å². The smallest absolute Gasteiger partial charge is 0.450 e. The van der Waals surface area contributed by atoms with Gasteiger partial charge in [-0.05, 0) is 4.90 Å². The Labute approximate surface area is 109 Å². The van der Waals surface area contributed by atoms with Gasteiger partial charge in [0, 0.05) is 0 Å². The first-order chi connectivity index (χ1) is 6.34. The van der Waals surface area contributed by atoms with E-state index in [-0.39, 0.29) is 34.5 Å². The molecule has 8 heteroatoms. The molecule has 1 rings (SSSR count). The molecule has 0 heterocycles. The molecule has 0 bridgehead atoms. The van der Waals surface area contributed by atoms with Gasteiger partial charge in [0.15, 0.2) is 0 Å². The van der Waals surface area contributed by atoms with Gasteiger partial charge in [0.05, 0.1) is 0 Å². The van der Waals surface area contributed by atoms with Gasteiger partial charge in [0.2, 0.25) is 0 Å². The summed E-state index contributed by atoms with van der Waals surface area (Å²) in [5, 5.41) is 13.9. The number of hydrogen-bond donors (Lipinski definition) is 3. The maximum Gasteiger partial charge on any atom is 1.00 e. The quantitative estimate of drug-likeness (QED) is 0.297. The summed E-state index contributed by atoms with van der Waals surface area (Å²) in [4.78, 5) is 8.45. The third kappa shape index (κ3) is 9.70. The fourth-order valence-corrected chi connectivity index (χ4v) is 1.02. The molecule has 78 valence electrons. The Morgan fingerprint density at radius 2 is 1.53 bits per heavy atom. The largest absolute Gasteiger partial charge is 1.00 e. The van der Waals surface area contributed by atoms with Crippen LogP contribution in [-0.2, 0) is 10.1 Å². The first-order valence-corrected chi connectivity index (χ1v) is 4.63. The topological polar surface area (TPSA) is 112 Å². The van der Waals surface area contributed by atoms with Crippen molar-refractivity contribution in [2.24, 2.45) is 0 Å². The summed E-state index contributed by atoms with van der Waals surface area (Å²) in [7, 11) is -4.02. The van der Waals surface area contributed by atoms with E-state index in [1.807, 2.05) is 0 Å². The number of carboxylic acid groups (broad SMARTS) is 2. The molecule has 0 saturated carbocycles. The van der Waals surface area contributed by atoms with Crippen LogP contribution in [0.5, 0.6) is 0 Å². The number of benzene rings is 1. The molecule has 15 heavy (non-hydrogen) atoms. The second kappa shape index (κ2) is 7.66. The average molecular weight is 242 g/mol. The first kappa shape index (κ1) is 16.8. The molecule has 0 aliphatic heterocycles. The van der Waals surface area contributed by atoms with Crippen LogP contribution in [0.3, 0.4) is 0 Å². The van der Waals surface area contributed by atoms with Crippen molar-refractivity contribution in [2.75, 3.05) is 0 Å². The summed E-state index contributed by atoms with van der Waals surface area (Å²) in [6.07, 6.45) is -1.83. The van der Waals surface area contributed by atoms with E-state index in [1.165, 1.54) is 24.3 Å². The zero-order valence-electron chi connectivity index (χ0n) is 7.78. The summed E-state index contributed by atoms with van der Waals surface area (Å²) >= 11 is 0. The Morgan fingerprint density at radius 3 is 1.73 bits per heavy atom. The molecule has 0 spiro atoms. The monoisotopic (exact) mass is 242 g/mol. The van der Waals surface area contributed by atoms with Gasteiger partial charge in [0.1, 0.15) is 0 Å². The minimum atomic E-state index is -4.02. The molecule has 1 aromatic carbocycles. The number of carbonyl (C=O) groups is 1. The van der Waals surface area contributed by atoms with Crippen LogP contribution in [0, 0.1) is 6.07 Å². The molecule has 0 aromatic heterocycles. The van der Waals surface area contributed by atoms with Crippen LogP contribution < -0.4 is 29.6 Å². The molecule has 0 amide bonds. The van der Waals surface area contributed by atoms with Crippen LogP contribution >= 0.6 is 0 Å². The zero-order chi connectivity index (χ0) is 11.2. The molecule has 0 saturated heterocycles. The number of rotatable bonds is 1. The molecule has 0 atom stereocenters. The maximum atomic E-state index is 10.4. The Hall–Kier alpha value is -0.600. The van der Waals surface area contributed by atoms with Gasteiger partial charge in [-0.25, -0.2) is 4.79 Å². The van der Waals surface area contributed by atoms with Crippen molar-refractivity contribution in [1.29, 1.82) is 0 Å². The van der Waals surface area contributed by atoms with Crippen LogP contribution in [0.4, 0.5) is 4.79 Å². The third-order valence-corrected chi connectivity index (χ3v) is 1.85. The summed E-state index contributed by atoms with van der Waals surface area (Å²) in [6.45, 7) is 0. The van der Waals surface area contributed by atoms with Crippen molar-refractivity contribution in [3.05, 3.63) is 30.3 Å². The van der Waals surface area contributed by atoms with Gasteiger partial charge < -0.3 is 10.2 Å². The molecule has 3 N–H and O–H groups in total. The standard InChI is InChI=1S/C6H5O3S.CH2O3.Na/c7-10(8,9)6-4-2-1-3-5-6;2-1(3)4;/h2-5H,(H,7,8,9);(H2,2,3,4);/q-1;;+1. The minimum Gasteiger partial charge on any atom is -0.450 e. The number of hydrogen-bond acceptors (Lipinski definition) is 3. The van der Waals surface area contributed by atoms with Crippen molar-refractivity contribution in [1.82, 2.24) is 0 Å². The molecule has 0 radical (unpaired) electrons. The second-order valence-electron chi connectivity index (χ2n) is 1.99. The molecular formula is C7H7NaO6S. The van der Waals surface area contributed by atoms with Crippen LogP contribution in [-0.4, -0.2) is 29.3 Å². The van der Waals surface area contributed by atoms with Crippen molar-refractivity contribution in [3.63, 3.8) is 0 Å². The fourth-order valence-electron chi connectivity index (χ4n) is 0.544. The van der Waals surface area contributed by atoms with Crippen LogP contribution in [0.15, 0.2) is 29.2 Å². The van der Waals surface area contributed by atoms with Gasteiger partial charge in [-0.2, -0.15) is 26.6 Å². The summed E-state index contributed by atoms with van der Waals surface area (Å²) in [5.41, 5.74) is 0. The Morgan fingerprint density at radius 1 is 1.20 bits per heavy atom. The Balaban J connectivity index is 0. The molecular weight excluding hydrogens is 235 g/mol. The van der Waals surface area contributed by atoms with E-state index in [9.17, 15) is 8.42 Å². The summed E-state index contributed by atoms with van der Waals surface area (Å²) in [5.74, 6) is 0.